The smallest absolute Gasteiger partial charge is 0.319 e. The number of hydrogen-bond donors (Lipinski definition) is 3. The Labute approximate surface area is 170 Å². The molecular weight excluding hydrogens is 364 g/mol. The van der Waals surface area contributed by atoms with Crippen molar-refractivity contribution in [3.63, 3.8) is 0 Å². The summed E-state index contributed by atoms with van der Waals surface area (Å²) in [6.45, 7) is 5.68. The number of amides is 2. The Hall–Kier alpha value is -3.35. The third kappa shape index (κ3) is 4.56. The lowest BCUT2D eigenvalue weighted by molar-refractivity contribution is 0.246. The molecule has 3 N–H and O–H groups in total. The predicted octanol–water partition coefficient (Wildman–Crippen LogP) is 3.88. The maximum absolute atomic E-state index is 12.5. The Morgan fingerprint density at radius 3 is 2.83 bits per heavy atom. The molecule has 1 fully saturated rings. The van der Waals surface area contributed by atoms with Crippen LogP contribution < -0.4 is 15.5 Å². The van der Waals surface area contributed by atoms with Crippen LogP contribution in [0.25, 0.3) is 11.3 Å². The Balaban J connectivity index is 1.38. The third-order valence-corrected chi connectivity index (χ3v) is 5.28. The van der Waals surface area contributed by atoms with Crippen molar-refractivity contribution in [2.75, 3.05) is 23.3 Å². The predicted molar refractivity (Wildman–Crippen MR) is 115 cm³/mol. The van der Waals surface area contributed by atoms with E-state index in [0.29, 0.717) is 0 Å². The molecule has 1 aliphatic heterocycles. The molecule has 3 heterocycles. The van der Waals surface area contributed by atoms with Crippen LogP contribution in [-0.2, 0) is 0 Å². The Bertz CT molecular complexity index is 984. The minimum atomic E-state index is -0.162. The number of aryl methyl sites for hydroxylation is 2. The monoisotopic (exact) mass is 390 g/mol. The van der Waals surface area contributed by atoms with E-state index in [2.05, 4.69) is 30.7 Å². The number of carbonyl (C=O) groups excluding carboxylic acids is 1. The second-order valence-corrected chi connectivity index (χ2v) is 7.58. The van der Waals surface area contributed by atoms with Crippen molar-refractivity contribution >= 4 is 17.5 Å². The highest BCUT2D eigenvalue weighted by Gasteiger charge is 2.23. The first kappa shape index (κ1) is 19.0. The van der Waals surface area contributed by atoms with Gasteiger partial charge in [-0.15, -0.1) is 0 Å². The number of H-pyrrole nitrogens is 1. The van der Waals surface area contributed by atoms with Gasteiger partial charge in [0.1, 0.15) is 0 Å². The molecule has 0 spiro atoms. The summed E-state index contributed by atoms with van der Waals surface area (Å²) in [4.78, 5) is 18.8. The lowest BCUT2D eigenvalue weighted by Crippen LogP contribution is -2.49. The largest absolute Gasteiger partial charge is 0.353 e. The van der Waals surface area contributed by atoms with Gasteiger partial charge < -0.3 is 15.5 Å². The van der Waals surface area contributed by atoms with Crippen molar-refractivity contribution in [3.8, 4) is 11.3 Å². The summed E-state index contributed by atoms with van der Waals surface area (Å²) in [7, 11) is 0. The number of aromatic nitrogens is 3. The minimum Gasteiger partial charge on any atom is -0.353 e. The molecule has 2 amide bonds. The molecule has 7 heteroatoms. The van der Waals surface area contributed by atoms with Crippen LogP contribution in [0.2, 0.25) is 0 Å². The van der Waals surface area contributed by atoms with Crippen molar-refractivity contribution in [1.29, 1.82) is 0 Å². The molecule has 1 atom stereocenters. The van der Waals surface area contributed by atoms with E-state index in [0.717, 1.165) is 59.8 Å². The number of rotatable bonds is 4. The fourth-order valence-corrected chi connectivity index (χ4v) is 3.67. The highest BCUT2D eigenvalue weighted by Crippen LogP contribution is 2.24. The normalized spacial score (nSPS) is 16.5. The molecule has 2 aromatic heterocycles. The van der Waals surface area contributed by atoms with Crippen molar-refractivity contribution in [2.24, 2.45) is 0 Å². The van der Waals surface area contributed by atoms with Crippen molar-refractivity contribution in [1.82, 2.24) is 20.5 Å². The summed E-state index contributed by atoms with van der Waals surface area (Å²) in [5.41, 5.74) is 5.04. The van der Waals surface area contributed by atoms with E-state index >= 15 is 0 Å². The first-order chi connectivity index (χ1) is 14.1. The number of nitrogens with zero attached hydrogens (tertiary/aromatic N) is 3. The van der Waals surface area contributed by atoms with E-state index in [-0.39, 0.29) is 12.1 Å². The fourth-order valence-electron chi connectivity index (χ4n) is 3.67. The summed E-state index contributed by atoms with van der Waals surface area (Å²) >= 11 is 0. The second-order valence-electron chi connectivity index (χ2n) is 7.58. The summed E-state index contributed by atoms with van der Waals surface area (Å²) < 4.78 is 0. The molecule has 150 valence electrons. The van der Waals surface area contributed by atoms with Gasteiger partial charge in [0.15, 0.2) is 5.82 Å². The fraction of sp³-hybridized carbons (Fsp3) is 0.318. The summed E-state index contributed by atoms with van der Waals surface area (Å²) in [5.74, 6) is 0.901. The van der Waals surface area contributed by atoms with Crippen LogP contribution in [0.5, 0.6) is 0 Å². The standard InChI is InChI=1S/C22H26N6O/c1-15-5-6-16(2)19(12-15)25-22(29)24-18-4-3-11-28(14-18)21-13-20(26-27-21)17-7-9-23-10-8-17/h5-10,12-13,18H,3-4,11,14H2,1-2H3,(H,26,27)(H2,24,25,29)/t18-/m1/s1. The van der Waals surface area contributed by atoms with Gasteiger partial charge >= 0.3 is 6.03 Å². The molecule has 0 aliphatic carbocycles. The number of urea groups is 1. The van der Waals surface area contributed by atoms with Gasteiger partial charge in [0, 0.05) is 48.8 Å². The van der Waals surface area contributed by atoms with Crippen molar-refractivity contribution < 1.29 is 4.79 Å². The molecule has 3 aromatic rings. The zero-order valence-electron chi connectivity index (χ0n) is 16.8. The van der Waals surface area contributed by atoms with Crippen molar-refractivity contribution in [3.05, 3.63) is 59.9 Å². The Kier molecular flexibility index (Phi) is 5.46. The second kappa shape index (κ2) is 8.34. The number of carbonyl (C=O) groups is 1. The van der Waals surface area contributed by atoms with Gasteiger partial charge in [-0.1, -0.05) is 12.1 Å². The van der Waals surface area contributed by atoms with Gasteiger partial charge in [0.25, 0.3) is 0 Å². The minimum absolute atomic E-state index is 0.0786. The van der Waals surface area contributed by atoms with E-state index in [1.54, 1.807) is 12.4 Å². The molecule has 0 bridgehead atoms. The first-order valence-corrected chi connectivity index (χ1v) is 9.94. The molecule has 29 heavy (non-hydrogen) atoms. The van der Waals surface area contributed by atoms with E-state index in [4.69, 9.17) is 0 Å². The Morgan fingerprint density at radius 2 is 2.00 bits per heavy atom. The number of aromatic amines is 1. The van der Waals surface area contributed by atoms with Gasteiger partial charge in [0.2, 0.25) is 0 Å². The van der Waals surface area contributed by atoms with Gasteiger partial charge in [-0.2, -0.15) is 5.10 Å². The molecule has 1 saturated heterocycles. The molecule has 7 nitrogen and oxygen atoms in total. The quantitative estimate of drug-likeness (QED) is 0.631. The molecule has 4 rings (SSSR count). The van der Waals surface area contributed by atoms with Crippen LogP contribution in [0.1, 0.15) is 24.0 Å². The molecule has 0 saturated carbocycles. The van der Waals surface area contributed by atoms with Gasteiger partial charge in [-0.05, 0) is 56.0 Å². The Morgan fingerprint density at radius 1 is 1.17 bits per heavy atom. The number of pyridine rings is 1. The van der Waals surface area contributed by atoms with E-state index in [1.165, 1.54) is 0 Å². The average Bonchev–Trinajstić information content (AvgIpc) is 3.22. The van der Waals surface area contributed by atoms with Crippen LogP contribution >= 0.6 is 0 Å². The van der Waals surface area contributed by atoms with E-state index in [1.807, 2.05) is 50.2 Å². The number of benzene rings is 1. The number of anilines is 2. The van der Waals surface area contributed by atoms with Crippen molar-refractivity contribution in [2.45, 2.75) is 32.7 Å². The number of nitrogens with one attached hydrogen (secondary N) is 3. The maximum Gasteiger partial charge on any atom is 0.319 e. The summed E-state index contributed by atoms with van der Waals surface area (Å²) in [6.07, 6.45) is 5.50. The van der Waals surface area contributed by atoms with E-state index in [9.17, 15) is 4.79 Å². The van der Waals surface area contributed by atoms with Crippen LogP contribution in [0.15, 0.2) is 48.8 Å². The highest BCUT2D eigenvalue weighted by atomic mass is 16.2. The molecule has 1 aliphatic rings. The lowest BCUT2D eigenvalue weighted by Gasteiger charge is -2.33. The molecule has 0 radical (unpaired) electrons. The lowest BCUT2D eigenvalue weighted by atomic mass is 10.1. The molecule has 1 aromatic carbocycles. The van der Waals surface area contributed by atoms with Gasteiger partial charge in [-0.25, -0.2) is 4.79 Å². The van der Waals surface area contributed by atoms with Crippen LogP contribution in [0, 0.1) is 13.8 Å². The third-order valence-electron chi connectivity index (χ3n) is 5.28. The van der Waals surface area contributed by atoms with Gasteiger partial charge in [-0.3, -0.25) is 10.1 Å². The SMILES string of the molecule is Cc1ccc(C)c(NC(=O)N[C@@H]2CCCN(c3cc(-c4ccncc4)[nH]n3)C2)c1. The maximum atomic E-state index is 12.5. The summed E-state index contributed by atoms with van der Waals surface area (Å²) in [5, 5.41) is 13.7. The van der Waals surface area contributed by atoms with Crippen LogP contribution in [-0.4, -0.2) is 40.3 Å². The van der Waals surface area contributed by atoms with E-state index < -0.39 is 0 Å². The topological polar surface area (TPSA) is 85.9 Å². The zero-order valence-corrected chi connectivity index (χ0v) is 16.8. The summed E-state index contributed by atoms with van der Waals surface area (Å²) in [6, 6.07) is 11.9. The van der Waals surface area contributed by atoms with Crippen LogP contribution in [0.3, 0.4) is 0 Å². The van der Waals surface area contributed by atoms with Crippen LogP contribution in [0.4, 0.5) is 16.3 Å². The van der Waals surface area contributed by atoms with Gasteiger partial charge in [0.05, 0.1) is 5.69 Å². The first-order valence-electron chi connectivity index (χ1n) is 9.94. The molecule has 0 unspecified atom stereocenters. The average molecular weight is 390 g/mol. The molecular formula is C22H26N6O. The zero-order chi connectivity index (χ0) is 20.2. The number of hydrogen-bond acceptors (Lipinski definition) is 4. The number of piperidine rings is 1. The highest BCUT2D eigenvalue weighted by molar-refractivity contribution is 5.90.